The summed E-state index contributed by atoms with van der Waals surface area (Å²) in [5.41, 5.74) is 8.71. The predicted molar refractivity (Wildman–Crippen MR) is 82.3 cm³/mol. The van der Waals surface area contributed by atoms with Crippen molar-refractivity contribution in [1.29, 1.82) is 0 Å². The number of hydrogen-bond acceptors (Lipinski definition) is 2. The third-order valence-electron chi connectivity index (χ3n) is 2.85. The van der Waals surface area contributed by atoms with E-state index in [1.807, 2.05) is 30.3 Å². The number of nitrogens with one attached hydrogen (secondary N) is 1. The lowest BCUT2D eigenvalue weighted by atomic mass is 10.1. The molecule has 0 unspecified atom stereocenters. The van der Waals surface area contributed by atoms with Gasteiger partial charge < -0.3 is 11.1 Å². The van der Waals surface area contributed by atoms with Crippen molar-refractivity contribution in [2.75, 3.05) is 11.1 Å². The fraction of sp³-hybridized carbons (Fsp3) is 0.133. The van der Waals surface area contributed by atoms with Crippen molar-refractivity contribution in [3.05, 3.63) is 58.1 Å². The highest BCUT2D eigenvalue weighted by Gasteiger charge is 2.10. The highest BCUT2D eigenvalue weighted by molar-refractivity contribution is 9.10. The fourth-order valence-corrected chi connectivity index (χ4v) is 2.15. The number of carbonyl (C=O) groups excluding carboxylic acids is 1. The zero-order valence-corrected chi connectivity index (χ0v) is 12.2. The molecule has 98 valence electrons. The average Bonchev–Trinajstić information content (AvgIpc) is 2.41. The van der Waals surface area contributed by atoms with Gasteiger partial charge in [0.2, 0.25) is 0 Å². The zero-order chi connectivity index (χ0) is 13.8. The van der Waals surface area contributed by atoms with E-state index in [-0.39, 0.29) is 5.91 Å². The molecule has 19 heavy (non-hydrogen) atoms. The number of aryl methyl sites for hydroxylation is 1. The van der Waals surface area contributed by atoms with Gasteiger partial charge in [0, 0.05) is 15.8 Å². The molecule has 3 nitrogen and oxygen atoms in total. The molecule has 0 aliphatic carbocycles. The average molecular weight is 319 g/mol. The summed E-state index contributed by atoms with van der Waals surface area (Å²) in [6.07, 6.45) is 0.933. The lowest BCUT2D eigenvalue weighted by molar-refractivity contribution is 0.102. The summed E-state index contributed by atoms with van der Waals surface area (Å²) in [4.78, 5) is 12.2. The minimum atomic E-state index is -0.202. The maximum absolute atomic E-state index is 12.2. The Morgan fingerprint density at radius 1 is 1.26 bits per heavy atom. The molecule has 0 bridgehead atoms. The van der Waals surface area contributed by atoms with Crippen LogP contribution in [0.2, 0.25) is 0 Å². The van der Waals surface area contributed by atoms with Gasteiger partial charge in [0.25, 0.3) is 5.91 Å². The van der Waals surface area contributed by atoms with Crippen molar-refractivity contribution in [2.45, 2.75) is 13.3 Å². The third-order valence-corrected chi connectivity index (χ3v) is 3.35. The zero-order valence-electron chi connectivity index (χ0n) is 10.6. The smallest absolute Gasteiger partial charge is 0.257 e. The first-order valence-corrected chi connectivity index (χ1v) is 6.84. The van der Waals surface area contributed by atoms with Gasteiger partial charge in [-0.15, -0.1) is 0 Å². The Bertz CT molecular complexity index is 611. The standard InChI is InChI=1S/C15H15BrN2O/c1-2-10-4-3-5-12(8-10)18-15(19)13-9-11(16)6-7-14(13)17/h3-9H,2,17H2,1H3,(H,18,19). The second-order valence-electron chi connectivity index (χ2n) is 4.24. The van der Waals surface area contributed by atoms with Gasteiger partial charge >= 0.3 is 0 Å². The minimum Gasteiger partial charge on any atom is -0.398 e. The number of rotatable bonds is 3. The largest absolute Gasteiger partial charge is 0.398 e. The first-order valence-electron chi connectivity index (χ1n) is 6.05. The Labute approximate surface area is 121 Å². The summed E-state index contributed by atoms with van der Waals surface area (Å²) >= 11 is 3.34. The van der Waals surface area contributed by atoms with Crippen LogP contribution >= 0.6 is 15.9 Å². The monoisotopic (exact) mass is 318 g/mol. The van der Waals surface area contributed by atoms with Gasteiger partial charge in [-0.25, -0.2) is 0 Å². The van der Waals surface area contributed by atoms with Crippen LogP contribution < -0.4 is 11.1 Å². The van der Waals surface area contributed by atoms with E-state index in [1.165, 1.54) is 5.56 Å². The number of amides is 1. The first kappa shape index (κ1) is 13.6. The fourth-order valence-electron chi connectivity index (χ4n) is 1.79. The Balaban J connectivity index is 2.23. The molecule has 0 saturated carbocycles. The van der Waals surface area contributed by atoms with Crippen molar-refractivity contribution in [2.24, 2.45) is 0 Å². The van der Waals surface area contributed by atoms with E-state index in [0.29, 0.717) is 11.3 Å². The topological polar surface area (TPSA) is 55.1 Å². The van der Waals surface area contributed by atoms with Gasteiger partial charge in [0.05, 0.1) is 5.56 Å². The van der Waals surface area contributed by atoms with Gasteiger partial charge in [-0.1, -0.05) is 35.0 Å². The molecule has 3 N–H and O–H groups in total. The number of nitrogen functional groups attached to an aromatic ring is 1. The van der Waals surface area contributed by atoms with Crippen LogP contribution in [0.5, 0.6) is 0 Å². The molecule has 2 aromatic rings. The van der Waals surface area contributed by atoms with E-state index in [9.17, 15) is 4.79 Å². The second kappa shape index (κ2) is 5.89. The van der Waals surface area contributed by atoms with Crippen LogP contribution in [-0.4, -0.2) is 5.91 Å². The van der Waals surface area contributed by atoms with Gasteiger partial charge in [0.1, 0.15) is 0 Å². The van der Waals surface area contributed by atoms with Crippen molar-refractivity contribution < 1.29 is 4.79 Å². The molecule has 0 heterocycles. The van der Waals surface area contributed by atoms with E-state index in [4.69, 9.17) is 5.73 Å². The Morgan fingerprint density at radius 2 is 2.05 bits per heavy atom. The van der Waals surface area contributed by atoms with Crippen LogP contribution in [0.15, 0.2) is 46.9 Å². The highest BCUT2D eigenvalue weighted by atomic mass is 79.9. The maximum atomic E-state index is 12.2. The Morgan fingerprint density at radius 3 is 2.79 bits per heavy atom. The Hall–Kier alpha value is -1.81. The molecule has 0 aliphatic heterocycles. The van der Waals surface area contributed by atoms with E-state index in [1.54, 1.807) is 12.1 Å². The lowest BCUT2D eigenvalue weighted by Gasteiger charge is -2.09. The van der Waals surface area contributed by atoms with E-state index >= 15 is 0 Å². The molecule has 0 spiro atoms. The number of carbonyl (C=O) groups is 1. The van der Waals surface area contributed by atoms with Crippen LogP contribution in [0.1, 0.15) is 22.8 Å². The molecule has 2 aromatic carbocycles. The molecule has 2 rings (SSSR count). The quantitative estimate of drug-likeness (QED) is 0.845. The summed E-state index contributed by atoms with van der Waals surface area (Å²) in [5, 5.41) is 2.86. The van der Waals surface area contributed by atoms with Gasteiger partial charge in [-0.3, -0.25) is 4.79 Å². The minimum absolute atomic E-state index is 0.202. The molecule has 0 saturated heterocycles. The summed E-state index contributed by atoms with van der Waals surface area (Å²) in [5.74, 6) is -0.202. The molecule has 0 atom stereocenters. The Kier molecular flexibility index (Phi) is 4.22. The maximum Gasteiger partial charge on any atom is 0.257 e. The number of halogens is 1. The van der Waals surface area contributed by atoms with Crippen LogP contribution in [0, 0.1) is 0 Å². The van der Waals surface area contributed by atoms with Crippen molar-refractivity contribution in [3.8, 4) is 0 Å². The number of benzene rings is 2. The molecular weight excluding hydrogens is 304 g/mol. The molecule has 0 radical (unpaired) electrons. The molecule has 0 aromatic heterocycles. The molecule has 0 aliphatic rings. The van der Waals surface area contributed by atoms with Gasteiger partial charge in [-0.2, -0.15) is 0 Å². The van der Waals surface area contributed by atoms with Crippen molar-refractivity contribution in [1.82, 2.24) is 0 Å². The number of hydrogen-bond donors (Lipinski definition) is 2. The SMILES string of the molecule is CCc1cccc(NC(=O)c2cc(Br)ccc2N)c1. The number of nitrogens with two attached hydrogens (primary N) is 1. The van der Waals surface area contributed by atoms with Crippen LogP contribution in [0.25, 0.3) is 0 Å². The highest BCUT2D eigenvalue weighted by Crippen LogP contribution is 2.20. The summed E-state index contributed by atoms with van der Waals surface area (Å²) in [6.45, 7) is 2.08. The first-order chi connectivity index (χ1) is 9.10. The predicted octanol–water partition coefficient (Wildman–Crippen LogP) is 3.85. The van der Waals surface area contributed by atoms with Crippen molar-refractivity contribution in [3.63, 3.8) is 0 Å². The summed E-state index contributed by atoms with van der Waals surface area (Å²) < 4.78 is 0.828. The third kappa shape index (κ3) is 3.35. The van der Waals surface area contributed by atoms with Gasteiger partial charge in [0.15, 0.2) is 0 Å². The normalized spacial score (nSPS) is 10.2. The van der Waals surface area contributed by atoms with E-state index in [2.05, 4.69) is 28.2 Å². The number of anilines is 2. The molecule has 4 heteroatoms. The lowest BCUT2D eigenvalue weighted by Crippen LogP contribution is -2.14. The molecular formula is C15H15BrN2O. The summed E-state index contributed by atoms with van der Waals surface area (Å²) in [6, 6.07) is 13.0. The van der Waals surface area contributed by atoms with Gasteiger partial charge in [-0.05, 0) is 42.3 Å². The molecule has 1 amide bonds. The van der Waals surface area contributed by atoms with Crippen LogP contribution in [0.4, 0.5) is 11.4 Å². The second-order valence-corrected chi connectivity index (χ2v) is 5.16. The van der Waals surface area contributed by atoms with Crippen LogP contribution in [-0.2, 0) is 6.42 Å². The van der Waals surface area contributed by atoms with E-state index < -0.39 is 0 Å². The summed E-state index contributed by atoms with van der Waals surface area (Å²) in [7, 11) is 0. The van der Waals surface area contributed by atoms with E-state index in [0.717, 1.165) is 16.6 Å². The van der Waals surface area contributed by atoms with Crippen molar-refractivity contribution >= 4 is 33.2 Å². The molecule has 0 fully saturated rings. The van der Waals surface area contributed by atoms with Crippen LogP contribution in [0.3, 0.4) is 0 Å².